The highest BCUT2D eigenvalue weighted by atomic mass is 35.5. The highest BCUT2D eigenvalue weighted by Gasteiger charge is 2.50. The summed E-state index contributed by atoms with van der Waals surface area (Å²) in [6.45, 7) is 5.40. The molecule has 3 aliphatic heterocycles. The highest BCUT2D eigenvalue weighted by Crippen LogP contribution is 2.48. The van der Waals surface area contributed by atoms with Gasteiger partial charge < -0.3 is 49.3 Å². The van der Waals surface area contributed by atoms with E-state index >= 15 is 0 Å². The zero-order chi connectivity index (χ0) is 69.8. The van der Waals surface area contributed by atoms with Crippen LogP contribution in [-0.2, 0) is 48.9 Å². The third-order valence-corrected chi connectivity index (χ3v) is 20.1. The molecule has 101 heavy (non-hydrogen) atoms. The van der Waals surface area contributed by atoms with Gasteiger partial charge in [0.1, 0.15) is 18.0 Å². The Balaban J connectivity index is 0.00000477. The van der Waals surface area contributed by atoms with E-state index in [9.17, 15) is 59.8 Å². The Bertz CT molecular complexity index is 3680. The molecular weight excluding hydrogens is 1380 g/mol. The molecule has 0 saturated carbocycles. The van der Waals surface area contributed by atoms with Crippen molar-refractivity contribution < 1.29 is 69.3 Å². The van der Waals surface area contributed by atoms with E-state index in [4.69, 9.17) is 9.47 Å². The average Bonchev–Trinajstić information content (AvgIpc) is 1.64. The van der Waals surface area contributed by atoms with Crippen LogP contribution in [0.3, 0.4) is 0 Å². The molecule has 3 saturated heterocycles. The number of amides is 5. The second kappa shape index (κ2) is 36.1. The number of para-hydroxylation sites is 1. The maximum atomic E-state index is 14.3. The van der Waals surface area contributed by atoms with Gasteiger partial charge in [0.15, 0.2) is 0 Å². The number of alkyl halides is 6. The summed E-state index contributed by atoms with van der Waals surface area (Å²) >= 11 is 0. The molecule has 2 N–H and O–H groups in total. The fourth-order valence-electron chi connectivity index (χ4n) is 14.3. The van der Waals surface area contributed by atoms with Gasteiger partial charge >= 0.3 is 18.4 Å². The number of anilines is 2. The number of ether oxygens (including phenoxy) is 2. The van der Waals surface area contributed by atoms with Crippen LogP contribution < -0.4 is 10.2 Å². The summed E-state index contributed by atoms with van der Waals surface area (Å²) in [6, 6.07) is 39.2. The van der Waals surface area contributed by atoms with Crippen LogP contribution in [0.1, 0.15) is 113 Å². The minimum absolute atomic E-state index is 0. The number of benzene rings is 6. The molecule has 3 heterocycles. The van der Waals surface area contributed by atoms with E-state index < -0.39 is 57.9 Å². The van der Waals surface area contributed by atoms with Crippen LogP contribution in [0.4, 0.5) is 46.9 Å². The quantitative estimate of drug-likeness (QED) is 0.0393. The zero-order valence-corrected chi connectivity index (χ0v) is 59.4. The van der Waals surface area contributed by atoms with Crippen molar-refractivity contribution in [1.82, 2.24) is 29.4 Å². The van der Waals surface area contributed by atoms with Crippen molar-refractivity contribution in [2.75, 3.05) is 123 Å². The molecule has 0 unspecified atom stereocenters. The maximum Gasteiger partial charge on any atom is 0.416 e. The van der Waals surface area contributed by atoms with E-state index in [1.54, 1.807) is 40.9 Å². The molecule has 10 rings (SSSR count). The van der Waals surface area contributed by atoms with Crippen molar-refractivity contribution in [2.45, 2.75) is 106 Å². The minimum atomic E-state index is -5.15. The number of likely N-dealkylation sites (N-methyl/N-ethyl adjacent to an activating group) is 2. The number of nitrogens with one attached hydrogen (secondary N) is 1. The van der Waals surface area contributed by atoms with E-state index in [0.717, 1.165) is 66.8 Å². The number of carboxylic acid groups (broad SMARTS) is 1. The third kappa shape index (κ3) is 20.2. The second-order valence-electron chi connectivity index (χ2n) is 26.4. The van der Waals surface area contributed by atoms with E-state index in [1.165, 1.54) is 34.1 Å². The fourth-order valence-corrected chi connectivity index (χ4v) is 14.3. The summed E-state index contributed by atoms with van der Waals surface area (Å²) in [6.07, 6.45) is -4.46. The topological polar surface area (TPSA) is 159 Å². The zero-order valence-electron chi connectivity index (χ0n) is 57.0. The molecular formula is C75H90Cl3F7N8O8. The van der Waals surface area contributed by atoms with Crippen molar-refractivity contribution in [3.05, 3.63) is 190 Å². The Hall–Kier alpha value is -7.51. The SMILES string of the molecule is CN(CCN1CCC(N(C(=O)O)c2ccccc2-c2ccccc2)CC1)C(=O)CCCCCNc1ccc(C(=O)N(C)CCCN(C)C(=O)CO[C@H]2Cc3ccccc3C23CCN(CC[C@@]2(c4ccc(F)cc4)CN(C(=O)c4cc(C(F)(F)F)cc(C(F)(F)F)c4)CCO2)CC3)cc1.Cl.Cl.Cl. The summed E-state index contributed by atoms with van der Waals surface area (Å²) < 4.78 is 110. The number of carbonyl (C=O) groups is 5. The molecule has 6 aromatic carbocycles. The van der Waals surface area contributed by atoms with Gasteiger partial charge in [-0.3, -0.25) is 24.1 Å². The van der Waals surface area contributed by atoms with Crippen LogP contribution in [0.25, 0.3) is 11.1 Å². The predicted molar refractivity (Wildman–Crippen MR) is 382 cm³/mol. The lowest BCUT2D eigenvalue weighted by Crippen LogP contribution is -2.54. The normalized spacial score (nSPS) is 17.7. The van der Waals surface area contributed by atoms with Crippen LogP contribution in [0, 0.1) is 5.82 Å². The molecule has 16 nitrogen and oxygen atoms in total. The molecule has 1 spiro atoms. The number of likely N-dealkylation sites (tertiary alicyclic amines) is 2. The molecule has 5 amide bonds. The van der Waals surface area contributed by atoms with Crippen molar-refractivity contribution in [2.24, 2.45) is 0 Å². The van der Waals surface area contributed by atoms with Gasteiger partial charge in [-0.2, -0.15) is 26.3 Å². The average molecular weight is 1470 g/mol. The van der Waals surface area contributed by atoms with Crippen LogP contribution in [0.5, 0.6) is 0 Å². The predicted octanol–water partition coefficient (Wildman–Crippen LogP) is 14.2. The van der Waals surface area contributed by atoms with Gasteiger partial charge in [-0.25, -0.2) is 9.18 Å². The highest BCUT2D eigenvalue weighted by molar-refractivity contribution is 5.96. The van der Waals surface area contributed by atoms with E-state index in [2.05, 4.69) is 27.2 Å². The Labute approximate surface area is 604 Å². The molecule has 6 aromatic rings. The van der Waals surface area contributed by atoms with Gasteiger partial charge in [-0.1, -0.05) is 91.3 Å². The lowest BCUT2D eigenvalue weighted by atomic mass is 9.72. The maximum absolute atomic E-state index is 14.3. The fraction of sp³-hybridized carbons (Fsp3) is 0.453. The number of morpholine rings is 1. The molecule has 1 aliphatic carbocycles. The first-order chi connectivity index (χ1) is 46.9. The van der Waals surface area contributed by atoms with Crippen molar-refractivity contribution in [1.29, 1.82) is 0 Å². The molecule has 2 atom stereocenters. The lowest BCUT2D eigenvalue weighted by molar-refractivity contribution is -0.143. The lowest BCUT2D eigenvalue weighted by Gasteiger charge is -2.46. The summed E-state index contributed by atoms with van der Waals surface area (Å²) in [5.74, 6) is -1.79. The van der Waals surface area contributed by atoms with Gasteiger partial charge in [-0.15, -0.1) is 37.2 Å². The first-order valence-electron chi connectivity index (χ1n) is 33.8. The van der Waals surface area contributed by atoms with Crippen LogP contribution in [-0.4, -0.2) is 189 Å². The molecule has 26 heteroatoms. The second-order valence-corrected chi connectivity index (χ2v) is 26.4. The molecule has 0 aromatic heterocycles. The summed E-state index contributed by atoms with van der Waals surface area (Å²) in [5, 5.41) is 13.8. The van der Waals surface area contributed by atoms with Crippen LogP contribution >= 0.6 is 37.2 Å². The summed E-state index contributed by atoms with van der Waals surface area (Å²) in [5.41, 5.74) is 1.11. The van der Waals surface area contributed by atoms with E-state index in [-0.39, 0.29) is 106 Å². The largest absolute Gasteiger partial charge is 0.465 e. The number of rotatable bonds is 26. The van der Waals surface area contributed by atoms with Gasteiger partial charge in [-0.05, 0) is 154 Å². The van der Waals surface area contributed by atoms with Crippen LogP contribution in [0.15, 0.2) is 146 Å². The molecule has 0 bridgehead atoms. The number of hydrogen-bond acceptors (Lipinski definition) is 10. The number of fused-ring (bicyclic) bond motifs is 2. The van der Waals surface area contributed by atoms with Crippen molar-refractivity contribution >= 4 is 78.3 Å². The smallest absolute Gasteiger partial charge is 0.416 e. The number of piperidine rings is 2. The Morgan fingerprint density at radius 2 is 1.26 bits per heavy atom. The Morgan fingerprint density at radius 3 is 1.92 bits per heavy atom. The summed E-state index contributed by atoms with van der Waals surface area (Å²) in [4.78, 5) is 79.1. The number of nitrogens with zero attached hydrogens (tertiary/aromatic N) is 7. The monoisotopic (exact) mass is 1470 g/mol. The number of halogens is 10. The first kappa shape index (κ1) is 80.8. The molecule has 548 valence electrons. The van der Waals surface area contributed by atoms with Gasteiger partial charge in [0, 0.05) is 120 Å². The van der Waals surface area contributed by atoms with Crippen LogP contribution in [0.2, 0.25) is 0 Å². The standard InChI is InChI=1S/C75H87F7N8O8.3ClH/c1-84(36-14-37-86(3)69(93)54-22-28-61(29-23-54)83-35-13-5-8-21-67(91)85(2)43-44-87-38-30-62(31-39-87)90(71(95)96)65-20-12-10-18-63(65)53-15-6-4-7-16-53)68(92)51-97-66-49-55-17-9-11-19-64(55)72(66)32-40-88(41-33-72)42-34-73(57-24-26-60(76)27-25-57)52-89(45-46-98-73)70(94)56-47-58(74(77,78)79)50-59(48-56)75(80,81)82;;;/h4,6-7,9-12,15-20,22-29,47-48,50,62,66,83H,5,8,13-14,21,30-46,49,51-52H2,1-3H3,(H,95,96);3*1H/t66-,73-;;;/m0.../s1. The third-order valence-electron chi connectivity index (χ3n) is 20.1. The molecule has 0 radical (unpaired) electrons. The van der Waals surface area contributed by atoms with Gasteiger partial charge in [0.05, 0.1) is 36.1 Å². The summed E-state index contributed by atoms with van der Waals surface area (Å²) in [7, 11) is 5.29. The number of carbonyl (C=O) groups excluding carboxylic acids is 4. The molecule has 3 fully saturated rings. The molecule has 4 aliphatic rings. The van der Waals surface area contributed by atoms with Gasteiger partial charge in [0.2, 0.25) is 11.8 Å². The Kier molecular flexibility index (Phi) is 28.9. The number of unbranched alkanes of at least 4 members (excludes halogenated alkanes) is 2. The van der Waals surface area contributed by atoms with E-state index in [0.29, 0.717) is 120 Å². The van der Waals surface area contributed by atoms with Crippen molar-refractivity contribution in [3.63, 3.8) is 0 Å². The van der Waals surface area contributed by atoms with E-state index in [1.807, 2.05) is 85.9 Å². The minimum Gasteiger partial charge on any atom is -0.465 e. The van der Waals surface area contributed by atoms with Crippen molar-refractivity contribution in [3.8, 4) is 11.1 Å². The van der Waals surface area contributed by atoms with Gasteiger partial charge in [0.25, 0.3) is 11.8 Å². The number of hydrogen-bond donors (Lipinski definition) is 2. The Morgan fingerprint density at radius 1 is 0.644 bits per heavy atom. The first-order valence-corrected chi connectivity index (χ1v) is 33.8.